The van der Waals surface area contributed by atoms with Crippen LogP contribution in [0.15, 0.2) is 47.6 Å². The van der Waals surface area contributed by atoms with Crippen LogP contribution in [0.3, 0.4) is 0 Å². The second-order valence-electron chi connectivity index (χ2n) is 2.73. The molecule has 4 nitrogen and oxygen atoms in total. The summed E-state index contributed by atoms with van der Waals surface area (Å²) in [4.78, 5) is 3.99. The fourth-order valence-corrected chi connectivity index (χ4v) is 2.11. The fourth-order valence-electron chi connectivity index (χ4n) is 1.24. The molecule has 0 N–H and O–H groups in total. The van der Waals surface area contributed by atoms with Crippen molar-refractivity contribution in [1.82, 2.24) is 9.38 Å². The minimum absolute atomic E-state index is 0.183. The molecule has 0 bridgehead atoms. The smallest absolute Gasteiger partial charge is 0.215 e. The number of pyridine rings is 1. The molecule has 0 aromatic carbocycles. The Labute approximate surface area is 81.4 Å². The summed E-state index contributed by atoms with van der Waals surface area (Å²) in [5, 5.41) is 1.12. The van der Waals surface area contributed by atoms with E-state index in [1.54, 1.807) is 24.5 Å². The summed E-state index contributed by atoms with van der Waals surface area (Å²) in [6.07, 6.45) is 3.16. The Bertz CT molecular complexity index is 584. The number of hydrogen-bond acceptors (Lipinski definition) is 3. The molecule has 2 aromatic heterocycles. The van der Waals surface area contributed by atoms with Gasteiger partial charge in [0, 0.05) is 17.8 Å². The van der Waals surface area contributed by atoms with E-state index in [9.17, 15) is 8.42 Å². The average Bonchev–Trinajstić information content (AvgIpc) is 2.64. The van der Waals surface area contributed by atoms with Crippen LogP contribution in [-0.4, -0.2) is 17.8 Å². The molecule has 0 aliphatic heterocycles. The average molecular weight is 208 g/mol. The Balaban J connectivity index is 2.87. The molecule has 0 fully saturated rings. The van der Waals surface area contributed by atoms with E-state index in [0.717, 1.165) is 5.41 Å². The molecule has 0 saturated carbocycles. The molecule has 2 heterocycles. The Morgan fingerprint density at radius 1 is 1.43 bits per heavy atom. The number of aromatic nitrogens is 2. The van der Waals surface area contributed by atoms with Crippen LogP contribution in [0.25, 0.3) is 5.65 Å². The molecule has 0 unspecified atom stereocenters. The molecule has 0 aliphatic carbocycles. The maximum atomic E-state index is 11.5. The van der Waals surface area contributed by atoms with Crippen LogP contribution >= 0.6 is 0 Å². The van der Waals surface area contributed by atoms with Crippen LogP contribution in [0.1, 0.15) is 0 Å². The lowest BCUT2D eigenvalue weighted by Crippen LogP contribution is -2.02. The molecule has 0 aliphatic rings. The van der Waals surface area contributed by atoms with E-state index in [4.69, 9.17) is 0 Å². The van der Waals surface area contributed by atoms with Gasteiger partial charge in [0.2, 0.25) is 9.84 Å². The van der Waals surface area contributed by atoms with Crippen molar-refractivity contribution in [2.45, 2.75) is 5.03 Å². The van der Waals surface area contributed by atoms with Crippen molar-refractivity contribution in [3.05, 3.63) is 42.6 Å². The first-order valence-electron chi connectivity index (χ1n) is 3.95. The molecule has 0 radical (unpaired) electrons. The molecule has 2 aromatic rings. The molecule has 5 heteroatoms. The quantitative estimate of drug-likeness (QED) is 0.746. The molecule has 72 valence electrons. The van der Waals surface area contributed by atoms with Gasteiger partial charge in [-0.15, -0.1) is 0 Å². The zero-order valence-corrected chi connectivity index (χ0v) is 8.11. The molecular formula is C9H8N2O2S. The maximum Gasteiger partial charge on any atom is 0.215 e. The monoisotopic (exact) mass is 208 g/mol. The van der Waals surface area contributed by atoms with E-state index < -0.39 is 9.84 Å². The molecule has 0 amide bonds. The summed E-state index contributed by atoms with van der Waals surface area (Å²) in [5.41, 5.74) is 0.605. The third-order valence-corrected chi connectivity index (χ3v) is 3.26. The number of fused-ring (bicyclic) bond motifs is 1. The number of rotatable bonds is 2. The molecule has 0 atom stereocenters. The van der Waals surface area contributed by atoms with E-state index >= 15 is 0 Å². The minimum atomic E-state index is -3.41. The van der Waals surface area contributed by atoms with Crippen molar-refractivity contribution in [2.75, 3.05) is 0 Å². The zero-order valence-electron chi connectivity index (χ0n) is 7.29. The van der Waals surface area contributed by atoms with Gasteiger partial charge in [0.25, 0.3) is 0 Å². The predicted octanol–water partition coefficient (Wildman–Crippen LogP) is 1.25. The highest BCUT2D eigenvalue weighted by atomic mass is 32.2. The molecular weight excluding hydrogens is 200 g/mol. The van der Waals surface area contributed by atoms with E-state index in [2.05, 4.69) is 11.6 Å². The summed E-state index contributed by atoms with van der Waals surface area (Å²) in [5.74, 6) is 0. The molecule has 14 heavy (non-hydrogen) atoms. The Morgan fingerprint density at radius 2 is 2.21 bits per heavy atom. The lowest BCUT2D eigenvalue weighted by molar-refractivity contribution is 0.599. The predicted molar refractivity (Wildman–Crippen MR) is 52.6 cm³/mol. The first kappa shape index (κ1) is 8.96. The number of sulfone groups is 1. The molecule has 0 spiro atoms. The highest BCUT2D eigenvalue weighted by Crippen LogP contribution is 2.13. The number of imidazole rings is 1. The molecule has 0 saturated heterocycles. The van der Waals surface area contributed by atoms with Crippen molar-refractivity contribution in [3.8, 4) is 0 Å². The maximum absolute atomic E-state index is 11.5. The lowest BCUT2D eigenvalue weighted by Gasteiger charge is -2.01. The number of nitrogens with zero attached hydrogens (tertiary/aromatic N) is 2. The van der Waals surface area contributed by atoms with Crippen molar-refractivity contribution in [2.24, 2.45) is 0 Å². The van der Waals surface area contributed by atoms with Gasteiger partial charge in [-0.05, 0) is 12.1 Å². The van der Waals surface area contributed by atoms with Crippen LogP contribution < -0.4 is 0 Å². The van der Waals surface area contributed by atoms with Crippen molar-refractivity contribution in [1.29, 1.82) is 0 Å². The summed E-state index contributed by atoms with van der Waals surface area (Å²) >= 11 is 0. The van der Waals surface area contributed by atoms with Gasteiger partial charge in [0.1, 0.15) is 10.7 Å². The van der Waals surface area contributed by atoms with Crippen LogP contribution in [0, 0.1) is 0 Å². The summed E-state index contributed by atoms with van der Waals surface area (Å²) in [7, 11) is -3.41. The van der Waals surface area contributed by atoms with Crippen LogP contribution in [0.5, 0.6) is 0 Å². The normalized spacial score (nSPS) is 11.7. The van der Waals surface area contributed by atoms with Gasteiger partial charge in [-0.1, -0.05) is 12.6 Å². The van der Waals surface area contributed by atoms with Gasteiger partial charge in [-0.3, -0.25) is 4.40 Å². The van der Waals surface area contributed by atoms with Crippen LogP contribution in [0.2, 0.25) is 0 Å². The fraction of sp³-hybridized carbons (Fsp3) is 0. The largest absolute Gasteiger partial charge is 0.290 e. The van der Waals surface area contributed by atoms with E-state index in [1.807, 2.05) is 0 Å². The lowest BCUT2D eigenvalue weighted by atomic mass is 10.5. The first-order chi connectivity index (χ1) is 6.65. The van der Waals surface area contributed by atoms with Gasteiger partial charge < -0.3 is 0 Å². The van der Waals surface area contributed by atoms with Crippen molar-refractivity contribution >= 4 is 15.5 Å². The summed E-state index contributed by atoms with van der Waals surface area (Å²) in [6.45, 7) is 3.28. The SMILES string of the molecule is C=CS(=O)(=O)c1cccc2nccn12. The Hall–Kier alpha value is -1.62. The van der Waals surface area contributed by atoms with Gasteiger partial charge in [-0.2, -0.15) is 0 Å². The highest BCUT2D eigenvalue weighted by molar-refractivity contribution is 7.94. The van der Waals surface area contributed by atoms with Gasteiger partial charge in [0.15, 0.2) is 0 Å². The minimum Gasteiger partial charge on any atom is -0.290 e. The van der Waals surface area contributed by atoms with E-state index in [1.165, 1.54) is 10.5 Å². The summed E-state index contributed by atoms with van der Waals surface area (Å²) in [6, 6.07) is 4.91. The third kappa shape index (κ3) is 1.22. The van der Waals surface area contributed by atoms with E-state index in [-0.39, 0.29) is 5.03 Å². The topological polar surface area (TPSA) is 51.4 Å². The van der Waals surface area contributed by atoms with Crippen molar-refractivity contribution in [3.63, 3.8) is 0 Å². The highest BCUT2D eigenvalue weighted by Gasteiger charge is 2.12. The Morgan fingerprint density at radius 3 is 2.93 bits per heavy atom. The standard InChI is InChI=1S/C9H8N2O2S/c1-2-14(12,13)9-5-3-4-8-10-6-7-11(8)9/h2-7H,1H2. The zero-order chi connectivity index (χ0) is 10.2. The van der Waals surface area contributed by atoms with Crippen LogP contribution in [0.4, 0.5) is 0 Å². The first-order valence-corrected chi connectivity index (χ1v) is 5.49. The third-order valence-electron chi connectivity index (χ3n) is 1.90. The summed E-state index contributed by atoms with van der Waals surface area (Å²) < 4.78 is 24.6. The van der Waals surface area contributed by atoms with Gasteiger partial charge in [0.05, 0.1) is 0 Å². The Kier molecular flexibility index (Phi) is 1.89. The molecule has 2 rings (SSSR count). The van der Waals surface area contributed by atoms with Crippen molar-refractivity contribution < 1.29 is 8.42 Å². The van der Waals surface area contributed by atoms with Crippen LogP contribution in [-0.2, 0) is 9.84 Å². The second-order valence-corrected chi connectivity index (χ2v) is 4.57. The van der Waals surface area contributed by atoms with Gasteiger partial charge >= 0.3 is 0 Å². The van der Waals surface area contributed by atoms with E-state index in [0.29, 0.717) is 5.65 Å². The van der Waals surface area contributed by atoms with Gasteiger partial charge in [-0.25, -0.2) is 13.4 Å². The number of hydrogen-bond donors (Lipinski definition) is 0. The second kappa shape index (κ2) is 2.95.